The molecule has 1 rings (SSSR count). The van der Waals surface area contributed by atoms with Crippen molar-refractivity contribution in [2.45, 2.75) is 52.5 Å². The highest BCUT2D eigenvalue weighted by Crippen LogP contribution is 2.17. The minimum Gasteiger partial charge on any atom is -0.356 e. The Morgan fingerprint density at radius 1 is 1.26 bits per heavy atom. The first kappa shape index (κ1) is 15.8. The SMILES string of the molecule is CCCCNC(=O)C1CCN(C(=O)NC(C)C)CC1. The Morgan fingerprint density at radius 2 is 1.89 bits per heavy atom. The summed E-state index contributed by atoms with van der Waals surface area (Å²) in [5.41, 5.74) is 0. The van der Waals surface area contributed by atoms with E-state index in [-0.39, 0.29) is 23.9 Å². The average molecular weight is 269 g/mol. The molecule has 1 aliphatic heterocycles. The third kappa shape index (κ3) is 5.49. The average Bonchev–Trinajstić information content (AvgIpc) is 2.38. The summed E-state index contributed by atoms with van der Waals surface area (Å²) in [4.78, 5) is 25.5. The number of hydrogen-bond donors (Lipinski definition) is 2. The van der Waals surface area contributed by atoms with Gasteiger partial charge in [-0.2, -0.15) is 0 Å². The molecule has 0 aliphatic carbocycles. The van der Waals surface area contributed by atoms with Crippen molar-refractivity contribution in [3.05, 3.63) is 0 Å². The monoisotopic (exact) mass is 269 g/mol. The van der Waals surface area contributed by atoms with Crippen LogP contribution in [0.1, 0.15) is 46.5 Å². The van der Waals surface area contributed by atoms with Crippen LogP contribution in [0, 0.1) is 5.92 Å². The van der Waals surface area contributed by atoms with Crippen LogP contribution in [0.15, 0.2) is 0 Å². The molecule has 2 N–H and O–H groups in total. The summed E-state index contributed by atoms with van der Waals surface area (Å²) in [6, 6.07) is 0.141. The molecule has 0 atom stereocenters. The van der Waals surface area contributed by atoms with Gasteiger partial charge in [0, 0.05) is 31.6 Å². The number of likely N-dealkylation sites (tertiary alicyclic amines) is 1. The Kier molecular flexibility index (Phi) is 6.67. The fourth-order valence-electron chi connectivity index (χ4n) is 2.22. The van der Waals surface area contributed by atoms with Gasteiger partial charge in [0.2, 0.25) is 5.91 Å². The molecular weight excluding hydrogens is 242 g/mol. The van der Waals surface area contributed by atoms with Crippen LogP contribution in [0.2, 0.25) is 0 Å². The molecule has 1 saturated heterocycles. The van der Waals surface area contributed by atoms with Crippen molar-refractivity contribution in [3.8, 4) is 0 Å². The standard InChI is InChI=1S/C14H27N3O2/c1-4-5-8-15-13(18)12-6-9-17(10-7-12)14(19)16-11(2)3/h11-12H,4-10H2,1-3H3,(H,15,18)(H,16,19). The number of hydrogen-bond acceptors (Lipinski definition) is 2. The lowest BCUT2D eigenvalue weighted by atomic mass is 9.96. The summed E-state index contributed by atoms with van der Waals surface area (Å²) in [6.45, 7) is 8.12. The van der Waals surface area contributed by atoms with Gasteiger partial charge in [-0.1, -0.05) is 13.3 Å². The molecule has 19 heavy (non-hydrogen) atoms. The van der Waals surface area contributed by atoms with Crippen molar-refractivity contribution in [1.29, 1.82) is 0 Å². The first-order valence-corrected chi connectivity index (χ1v) is 7.37. The number of carbonyl (C=O) groups excluding carboxylic acids is 2. The van der Waals surface area contributed by atoms with E-state index >= 15 is 0 Å². The Hall–Kier alpha value is -1.26. The normalized spacial score (nSPS) is 16.5. The summed E-state index contributed by atoms with van der Waals surface area (Å²) >= 11 is 0. The molecule has 0 spiro atoms. The summed E-state index contributed by atoms with van der Waals surface area (Å²) in [7, 11) is 0. The molecule has 0 saturated carbocycles. The largest absolute Gasteiger partial charge is 0.356 e. The van der Waals surface area contributed by atoms with Gasteiger partial charge in [0.25, 0.3) is 0 Å². The Bertz CT molecular complexity index is 297. The second-order valence-corrected chi connectivity index (χ2v) is 5.51. The van der Waals surface area contributed by atoms with Crippen LogP contribution in [-0.4, -0.2) is 42.5 Å². The molecule has 0 aromatic rings. The van der Waals surface area contributed by atoms with Gasteiger partial charge in [0.15, 0.2) is 0 Å². The maximum absolute atomic E-state index is 11.9. The molecule has 110 valence electrons. The molecule has 1 heterocycles. The fourth-order valence-corrected chi connectivity index (χ4v) is 2.22. The number of rotatable bonds is 5. The minimum atomic E-state index is -0.0140. The van der Waals surface area contributed by atoms with Crippen LogP contribution < -0.4 is 10.6 Å². The van der Waals surface area contributed by atoms with Gasteiger partial charge in [0.05, 0.1) is 0 Å². The van der Waals surface area contributed by atoms with Crippen LogP contribution in [0.25, 0.3) is 0 Å². The molecule has 5 nitrogen and oxygen atoms in total. The van der Waals surface area contributed by atoms with Gasteiger partial charge < -0.3 is 15.5 Å². The van der Waals surface area contributed by atoms with Crippen molar-refractivity contribution >= 4 is 11.9 Å². The topological polar surface area (TPSA) is 61.4 Å². The highest BCUT2D eigenvalue weighted by Gasteiger charge is 2.27. The maximum Gasteiger partial charge on any atom is 0.317 e. The highest BCUT2D eigenvalue weighted by atomic mass is 16.2. The highest BCUT2D eigenvalue weighted by molar-refractivity contribution is 5.79. The predicted octanol–water partition coefficient (Wildman–Crippen LogP) is 1.73. The Morgan fingerprint density at radius 3 is 2.42 bits per heavy atom. The molecule has 5 heteroatoms. The number of urea groups is 1. The van der Waals surface area contributed by atoms with Crippen molar-refractivity contribution in [1.82, 2.24) is 15.5 Å². The van der Waals surface area contributed by atoms with Crippen LogP contribution in [0.5, 0.6) is 0 Å². The number of nitrogens with one attached hydrogen (secondary N) is 2. The van der Waals surface area contributed by atoms with E-state index in [0.717, 1.165) is 32.2 Å². The molecule has 0 radical (unpaired) electrons. The van der Waals surface area contributed by atoms with E-state index in [0.29, 0.717) is 13.1 Å². The molecule has 3 amide bonds. The van der Waals surface area contributed by atoms with Crippen molar-refractivity contribution in [3.63, 3.8) is 0 Å². The van der Waals surface area contributed by atoms with E-state index in [4.69, 9.17) is 0 Å². The maximum atomic E-state index is 11.9. The van der Waals surface area contributed by atoms with Gasteiger partial charge in [-0.05, 0) is 33.1 Å². The van der Waals surface area contributed by atoms with Crippen LogP contribution in [0.3, 0.4) is 0 Å². The van der Waals surface area contributed by atoms with E-state index in [9.17, 15) is 9.59 Å². The molecular formula is C14H27N3O2. The van der Waals surface area contributed by atoms with Crippen molar-refractivity contribution in [2.75, 3.05) is 19.6 Å². The lowest BCUT2D eigenvalue weighted by Crippen LogP contribution is -2.48. The van der Waals surface area contributed by atoms with E-state index in [1.165, 1.54) is 0 Å². The lowest BCUT2D eigenvalue weighted by Gasteiger charge is -2.31. The Balaban J connectivity index is 2.28. The van der Waals surface area contributed by atoms with Gasteiger partial charge in [-0.25, -0.2) is 4.79 Å². The zero-order valence-electron chi connectivity index (χ0n) is 12.4. The minimum absolute atomic E-state index is 0.0140. The van der Waals surface area contributed by atoms with E-state index in [2.05, 4.69) is 17.6 Å². The zero-order valence-corrected chi connectivity index (χ0v) is 12.4. The molecule has 1 fully saturated rings. The summed E-state index contributed by atoms with van der Waals surface area (Å²) in [6.07, 6.45) is 3.66. The molecule has 0 aromatic carbocycles. The summed E-state index contributed by atoms with van der Waals surface area (Å²) in [5.74, 6) is 0.220. The van der Waals surface area contributed by atoms with Crippen molar-refractivity contribution in [2.24, 2.45) is 5.92 Å². The van der Waals surface area contributed by atoms with Crippen LogP contribution in [-0.2, 0) is 4.79 Å². The summed E-state index contributed by atoms with van der Waals surface area (Å²) in [5, 5.41) is 5.86. The Labute approximate surface area is 116 Å². The summed E-state index contributed by atoms with van der Waals surface area (Å²) < 4.78 is 0. The third-order valence-electron chi connectivity index (χ3n) is 3.39. The van der Waals surface area contributed by atoms with Gasteiger partial charge in [0.1, 0.15) is 0 Å². The van der Waals surface area contributed by atoms with Gasteiger partial charge >= 0.3 is 6.03 Å². The fraction of sp³-hybridized carbons (Fsp3) is 0.857. The zero-order chi connectivity index (χ0) is 14.3. The first-order chi connectivity index (χ1) is 9.04. The second-order valence-electron chi connectivity index (χ2n) is 5.51. The van der Waals surface area contributed by atoms with E-state index in [1.54, 1.807) is 4.90 Å². The smallest absolute Gasteiger partial charge is 0.317 e. The first-order valence-electron chi connectivity index (χ1n) is 7.37. The lowest BCUT2D eigenvalue weighted by molar-refractivity contribution is -0.126. The van der Waals surface area contributed by atoms with Crippen LogP contribution in [0.4, 0.5) is 4.79 Å². The van der Waals surface area contributed by atoms with E-state index < -0.39 is 0 Å². The predicted molar refractivity (Wildman–Crippen MR) is 75.9 cm³/mol. The van der Waals surface area contributed by atoms with E-state index in [1.807, 2.05) is 13.8 Å². The van der Waals surface area contributed by atoms with Crippen molar-refractivity contribution < 1.29 is 9.59 Å². The number of amides is 3. The number of carbonyl (C=O) groups is 2. The number of piperidine rings is 1. The van der Waals surface area contributed by atoms with Gasteiger partial charge in [-0.3, -0.25) is 4.79 Å². The number of unbranched alkanes of at least 4 members (excludes halogenated alkanes) is 1. The molecule has 0 aromatic heterocycles. The second kappa shape index (κ2) is 8.02. The quantitative estimate of drug-likeness (QED) is 0.747. The molecule has 0 bridgehead atoms. The number of nitrogens with zero attached hydrogens (tertiary/aromatic N) is 1. The third-order valence-corrected chi connectivity index (χ3v) is 3.39. The van der Waals surface area contributed by atoms with Gasteiger partial charge in [-0.15, -0.1) is 0 Å². The molecule has 1 aliphatic rings. The van der Waals surface area contributed by atoms with Crippen LogP contribution >= 0.6 is 0 Å². The molecule has 0 unspecified atom stereocenters.